The van der Waals surface area contributed by atoms with Crippen LogP contribution in [0.5, 0.6) is 0 Å². The second-order valence-corrected chi connectivity index (χ2v) is 17.6. The number of aliphatic hydroxyl groups is 2. The number of ether oxygens (including phenoxy) is 1. The topological polar surface area (TPSA) is 95.9 Å². The van der Waals surface area contributed by atoms with Crippen molar-refractivity contribution in [3.63, 3.8) is 0 Å². The zero-order chi connectivity index (χ0) is 46.7. The maximum Gasteiger partial charge on any atom is 0.306 e. The molecule has 0 aromatic rings. The molecule has 0 aliphatic carbocycles. The fourth-order valence-corrected chi connectivity index (χ4v) is 7.47. The average Bonchev–Trinajstić information content (AvgIpc) is 3.29. The third-order valence-corrected chi connectivity index (χ3v) is 11.5. The van der Waals surface area contributed by atoms with Gasteiger partial charge in [0.2, 0.25) is 5.91 Å². The van der Waals surface area contributed by atoms with Gasteiger partial charge in [-0.25, -0.2) is 0 Å². The summed E-state index contributed by atoms with van der Waals surface area (Å²) in [5.41, 5.74) is 0. The summed E-state index contributed by atoms with van der Waals surface area (Å²) in [7, 11) is 0. The third kappa shape index (κ3) is 45.4. The minimum Gasteiger partial charge on any atom is -0.462 e. The van der Waals surface area contributed by atoms with Crippen LogP contribution in [0.3, 0.4) is 0 Å². The molecule has 0 aromatic heterocycles. The summed E-state index contributed by atoms with van der Waals surface area (Å²) < 4.78 is 5.90. The van der Waals surface area contributed by atoms with Crippen LogP contribution in [0.2, 0.25) is 0 Å². The van der Waals surface area contributed by atoms with Gasteiger partial charge in [0.25, 0.3) is 0 Å². The first kappa shape index (κ1) is 60.8. The summed E-state index contributed by atoms with van der Waals surface area (Å²) in [5.74, 6) is -0.583. The van der Waals surface area contributed by atoms with Crippen molar-refractivity contribution in [2.45, 2.75) is 251 Å². The number of unbranched alkanes of at least 4 members (excludes halogenated alkanes) is 20. The molecule has 0 heterocycles. The van der Waals surface area contributed by atoms with Crippen LogP contribution in [0.25, 0.3) is 0 Å². The van der Waals surface area contributed by atoms with Gasteiger partial charge < -0.3 is 20.3 Å². The van der Waals surface area contributed by atoms with Crippen molar-refractivity contribution in [3.05, 3.63) is 97.2 Å². The number of allylic oxidation sites excluding steroid dienone is 16. The highest BCUT2D eigenvalue weighted by Crippen LogP contribution is 2.17. The molecule has 0 aromatic carbocycles. The molecule has 366 valence electrons. The predicted molar refractivity (Wildman–Crippen MR) is 277 cm³/mol. The van der Waals surface area contributed by atoms with Crippen molar-refractivity contribution < 1.29 is 24.5 Å². The molecular formula is C58H99NO5. The lowest BCUT2D eigenvalue weighted by Gasteiger charge is -2.24. The fraction of sp³-hybridized carbons (Fsp3) is 0.690. The van der Waals surface area contributed by atoms with Gasteiger partial charge >= 0.3 is 5.97 Å². The van der Waals surface area contributed by atoms with Gasteiger partial charge in [0, 0.05) is 6.42 Å². The minimum absolute atomic E-state index is 0.0271. The van der Waals surface area contributed by atoms with Gasteiger partial charge in [-0.15, -0.1) is 0 Å². The molecule has 0 radical (unpaired) electrons. The highest BCUT2D eigenvalue weighted by atomic mass is 16.5. The van der Waals surface area contributed by atoms with Crippen LogP contribution in [0.15, 0.2) is 97.2 Å². The molecule has 0 aliphatic rings. The highest BCUT2D eigenvalue weighted by molar-refractivity contribution is 5.77. The summed E-state index contributed by atoms with van der Waals surface area (Å²) in [4.78, 5) is 26.2. The van der Waals surface area contributed by atoms with E-state index in [-0.39, 0.29) is 24.9 Å². The molecular weight excluding hydrogens is 791 g/mol. The lowest BCUT2D eigenvalue weighted by atomic mass is 10.0. The van der Waals surface area contributed by atoms with E-state index in [1.807, 2.05) is 0 Å². The molecule has 6 nitrogen and oxygen atoms in total. The molecule has 3 unspecified atom stereocenters. The van der Waals surface area contributed by atoms with Crippen LogP contribution in [0.4, 0.5) is 0 Å². The van der Waals surface area contributed by atoms with Crippen LogP contribution in [0, 0.1) is 0 Å². The van der Waals surface area contributed by atoms with Crippen molar-refractivity contribution >= 4 is 11.9 Å². The highest BCUT2D eigenvalue weighted by Gasteiger charge is 2.24. The molecule has 0 bridgehead atoms. The molecule has 6 heteroatoms. The van der Waals surface area contributed by atoms with Gasteiger partial charge in [-0.3, -0.25) is 9.59 Å². The van der Waals surface area contributed by atoms with E-state index >= 15 is 0 Å². The van der Waals surface area contributed by atoms with Crippen molar-refractivity contribution in [1.29, 1.82) is 0 Å². The van der Waals surface area contributed by atoms with E-state index < -0.39 is 18.2 Å². The summed E-state index contributed by atoms with van der Waals surface area (Å²) in [6.07, 6.45) is 67.5. The maximum absolute atomic E-state index is 13.2. The Bertz CT molecular complexity index is 1270. The largest absolute Gasteiger partial charge is 0.462 e. The number of carbonyl (C=O) groups excluding carboxylic acids is 2. The summed E-state index contributed by atoms with van der Waals surface area (Å²) in [6, 6.07) is -0.730. The minimum atomic E-state index is -0.812. The summed E-state index contributed by atoms with van der Waals surface area (Å²) in [6.45, 7) is 6.32. The lowest BCUT2D eigenvalue weighted by Crippen LogP contribution is -2.46. The predicted octanol–water partition coefficient (Wildman–Crippen LogP) is 16.1. The molecule has 0 fully saturated rings. The van der Waals surface area contributed by atoms with E-state index in [0.29, 0.717) is 25.7 Å². The molecule has 1 amide bonds. The van der Waals surface area contributed by atoms with E-state index in [1.54, 1.807) is 0 Å². The van der Waals surface area contributed by atoms with Crippen LogP contribution in [-0.2, 0) is 14.3 Å². The van der Waals surface area contributed by atoms with E-state index in [9.17, 15) is 19.8 Å². The van der Waals surface area contributed by atoms with Gasteiger partial charge in [0.05, 0.1) is 25.2 Å². The number of aliphatic hydroxyl groups excluding tert-OH is 2. The standard InChI is InChI=1S/C58H99NO5/c1-4-7-10-13-16-19-22-25-27-29-31-33-36-39-42-45-48-51-58(63)64-54(49-46-43-40-37-34-32-30-28-26-23-20-17-14-11-8-5-2)52-57(62)59-55(53-60)56(61)50-47-44-41-38-35-24-21-18-15-12-9-6-3/h7,10,16,19,23,25-28,30-34,39,42,54-56,60-61H,4-6,8-9,11-15,17-18,20-22,24,29,35-38,40-41,43-53H2,1-3H3,(H,59,62)/b10-7-,19-16-,26-23+,27-25-,30-28+,33-31-,34-32+,42-39-. The number of hydrogen-bond acceptors (Lipinski definition) is 5. The fourth-order valence-electron chi connectivity index (χ4n) is 7.47. The van der Waals surface area contributed by atoms with Crippen molar-refractivity contribution in [1.82, 2.24) is 5.32 Å². The SMILES string of the molecule is CC/C=C\C/C=C\C/C=C\C/C=C\C/C=C\CCCC(=O)OC(CCCCC/C=C/C=C/C=C/CCCCCCC)CC(=O)NC(CO)C(O)CCCCCCCCCCCCCC. The normalized spacial score (nSPS) is 14.0. The third-order valence-electron chi connectivity index (χ3n) is 11.5. The van der Waals surface area contributed by atoms with Gasteiger partial charge in [0.15, 0.2) is 0 Å². The molecule has 0 spiro atoms. The van der Waals surface area contributed by atoms with Crippen molar-refractivity contribution in [2.24, 2.45) is 0 Å². The van der Waals surface area contributed by atoms with Gasteiger partial charge in [-0.05, 0) is 89.9 Å². The average molecular weight is 890 g/mol. The number of nitrogens with one attached hydrogen (secondary N) is 1. The Labute approximate surface area is 395 Å². The lowest BCUT2D eigenvalue weighted by molar-refractivity contribution is -0.151. The Morgan fingerprint density at radius 1 is 0.484 bits per heavy atom. The Hall–Kier alpha value is -3.22. The Balaban J connectivity index is 4.78. The number of carbonyl (C=O) groups is 2. The number of rotatable bonds is 46. The number of amides is 1. The first-order valence-corrected chi connectivity index (χ1v) is 26.5. The van der Waals surface area contributed by atoms with Crippen LogP contribution >= 0.6 is 0 Å². The van der Waals surface area contributed by atoms with E-state index in [4.69, 9.17) is 4.74 Å². The Morgan fingerprint density at radius 2 is 0.906 bits per heavy atom. The van der Waals surface area contributed by atoms with Crippen molar-refractivity contribution in [3.8, 4) is 0 Å². The number of hydrogen-bond donors (Lipinski definition) is 3. The maximum atomic E-state index is 13.2. The van der Waals surface area contributed by atoms with E-state index in [1.165, 1.54) is 89.9 Å². The van der Waals surface area contributed by atoms with E-state index in [2.05, 4.69) is 123 Å². The molecule has 0 rings (SSSR count). The monoisotopic (exact) mass is 890 g/mol. The molecule has 64 heavy (non-hydrogen) atoms. The second kappa shape index (κ2) is 50.8. The van der Waals surface area contributed by atoms with E-state index in [0.717, 1.165) is 89.9 Å². The zero-order valence-corrected chi connectivity index (χ0v) is 41.6. The first-order chi connectivity index (χ1) is 31.5. The van der Waals surface area contributed by atoms with Gasteiger partial charge in [-0.1, -0.05) is 227 Å². The zero-order valence-electron chi connectivity index (χ0n) is 41.6. The second-order valence-electron chi connectivity index (χ2n) is 17.6. The molecule has 3 N–H and O–H groups in total. The Kier molecular flexibility index (Phi) is 48.2. The summed E-state index contributed by atoms with van der Waals surface area (Å²) >= 11 is 0. The molecule has 0 aliphatic heterocycles. The van der Waals surface area contributed by atoms with Crippen molar-refractivity contribution in [2.75, 3.05) is 6.61 Å². The first-order valence-electron chi connectivity index (χ1n) is 26.5. The van der Waals surface area contributed by atoms with Crippen LogP contribution in [-0.4, -0.2) is 46.9 Å². The number of esters is 1. The smallest absolute Gasteiger partial charge is 0.306 e. The molecule has 0 saturated carbocycles. The Morgan fingerprint density at radius 3 is 1.41 bits per heavy atom. The van der Waals surface area contributed by atoms with Gasteiger partial charge in [0.1, 0.15) is 6.10 Å². The van der Waals surface area contributed by atoms with Crippen LogP contribution < -0.4 is 5.32 Å². The van der Waals surface area contributed by atoms with Gasteiger partial charge in [-0.2, -0.15) is 0 Å². The quantitative estimate of drug-likeness (QED) is 0.0245. The summed E-state index contributed by atoms with van der Waals surface area (Å²) in [5, 5.41) is 23.8. The van der Waals surface area contributed by atoms with Crippen LogP contribution in [0.1, 0.15) is 233 Å². The molecule has 0 saturated heterocycles. The molecule has 3 atom stereocenters.